The van der Waals surface area contributed by atoms with Crippen molar-refractivity contribution in [2.24, 2.45) is 0 Å². The van der Waals surface area contributed by atoms with Gasteiger partial charge in [0.05, 0.1) is 0 Å². The molecule has 21 heavy (non-hydrogen) atoms. The van der Waals surface area contributed by atoms with E-state index in [0.29, 0.717) is 5.56 Å². The molecule has 0 aliphatic carbocycles. The largest absolute Gasteiger partial charge is 0.288 e. The summed E-state index contributed by atoms with van der Waals surface area (Å²) in [6, 6.07) is 17.1. The Morgan fingerprint density at radius 3 is 2.38 bits per heavy atom. The van der Waals surface area contributed by atoms with E-state index < -0.39 is 0 Å². The number of nitrogens with zero attached hydrogens (tertiary/aromatic N) is 1. The standard InChI is InChI=1S/C18H15NOS/c1-13-5-3-4-6-17(13)18(20)15(12-19)11-14-7-9-16(21-2)10-8-14/h3-11H,1-2H3/b15-11+. The number of aryl methyl sites for hydroxylation is 1. The first-order valence-electron chi connectivity index (χ1n) is 6.52. The number of carbonyl (C=O) groups excluding carboxylic acids is 1. The van der Waals surface area contributed by atoms with Gasteiger partial charge in [-0.05, 0) is 42.5 Å². The Hall–Kier alpha value is -2.31. The highest BCUT2D eigenvalue weighted by molar-refractivity contribution is 7.98. The van der Waals surface area contributed by atoms with Crippen LogP contribution in [0.5, 0.6) is 0 Å². The van der Waals surface area contributed by atoms with E-state index >= 15 is 0 Å². The zero-order valence-electron chi connectivity index (χ0n) is 12.0. The van der Waals surface area contributed by atoms with Gasteiger partial charge in [0.2, 0.25) is 5.78 Å². The Bertz CT molecular complexity index is 724. The molecular formula is C18H15NOS. The molecule has 2 rings (SSSR count). The van der Waals surface area contributed by atoms with E-state index in [2.05, 4.69) is 0 Å². The summed E-state index contributed by atoms with van der Waals surface area (Å²) in [4.78, 5) is 13.6. The monoisotopic (exact) mass is 293 g/mol. The van der Waals surface area contributed by atoms with E-state index in [-0.39, 0.29) is 11.4 Å². The van der Waals surface area contributed by atoms with E-state index in [4.69, 9.17) is 0 Å². The number of ketones is 1. The second-order valence-electron chi connectivity index (χ2n) is 4.59. The van der Waals surface area contributed by atoms with Crippen LogP contribution in [0.1, 0.15) is 21.5 Å². The molecule has 0 saturated heterocycles. The number of hydrogen-bond acceptors (Lipinski definition) is 3. The number of Topliss-reactive ketones (excluding diaryl/α,β-unsaturated/α-hetero) is 1. The maximum atomic E-state index is 12.4. The van der Waals surface area contributed by atoms with Gasteiger partial charge in [0.25, 0.3) is 0 Å². The van der Waals surface area contributed by atoms with Crippen LogP contribution in [0.25, 0.3) is 6.08 Å². The first-order valence-corrected chi connectivity index (χ1v) is 7.74. The van der Waals surface area contributed by atoms with Crippen LogP contribution in [0.15, 0.2) is 59.0 Å². The lowest BCUT2D eigenvalue weighted by atomic mass is 9.98. The zero-order valence-corrected chi connectivity index (χ0v) is 12.8. The molecule has 0 aliphatic heterocycles. The number of allylic oxidation sites excluding steroid dienone is 1. The van der Waals surface area contributed by atoms with E-state index in [1.165, 1.54) is 0 Å². The molecule has 0 saturated carbocycles. The summed E-state index contributed by atoms with van der Waals surface area (Å²) in [5, 5.41) is 9.27. The summed E-state index contributed by atoms with van der Waals surface area (Å²) in [7, 11) is 0. The van der Waals surface area contributed by atoms with Gasteiger partial charge in [-0.25, -0.2) is 0 Å². The summed E-state index contributed by atoms with van der Waals surface area (Å²) < 4.78 is 0. The maximum Gasteiger partial charge on any atom is 0.203 e. The number of carbonyl (C=O) groups is 1. The van der Waals surface area contributed by atoms with Gasteiger partial charge in [0.1, 0.15) is 11.6 Å². The molecule has 0 heterocycles. The highest BCUT2D eigenvalue weighted by Gasteiger charge is 2.13. The summed E-state index contributed by atoms with van der Waals surface area (Å²) >= 11 is 1.65. The van der Waals surface area contributed by atoms with E-state index in [0.717, 1.165) is 16.0 Å². The normalized spacial score (nSPS) is 11.0. The van der Waals surface area contributed by atoms with Crippen molar-refractivity contribution in [3.8, 4) is 6.07 Å². The summed E-state index contributed by atoms with van der Waals surface area (Å²) in [6.45, 7) is 1.87. The first-order chi connectivity index (χ1) is 10.2. The third kappa shape index (κ3) is 3.62. The van der Waals surface area contributed by atoms with Gasteiger partial charge >= 0.3 is 0 Å². The Morgan fingerprint density at radius 1 is 1.14 bits per heavy atom. The molecule has 0 N–H and O–H groups in total. The zero-order chi connectivity index (χ0) is 15.2. The van der Waals surface area contributed by atoms with Gasteiger partial charge in [0.15, 0.2) is 0 Å². The second kappa shape index (κ2) is 6.92. The van der Waals surface area contributed by atoms with Crippen molar-refractivity contribution in [2.45, 2.75) is 11.8 Å². The number of thioether (sulfide) groups is 1. The van der Waals surface area contributed by atoms with Crippen LogP contribution in [-0.4, -0.2) is 12.0 Å². The molecule has 2 aromatic rings. The van der Waals surface area contributed by atoms with Crippen LogP contribution >= 0.6 is 11.8 Å². The fourth-order valence-electron chi connectivity index (χ4n) is 1.99. The van der Waals surface area contributed by atoms with E-state index in [1.807, 2.05) is 61.7 Å². The van der Waals surface area contributed by atoms with Crippen LogP contribution in [0.3, 0.4) is 0 Å². The van der Waals surface area contributed by atoms with Crippen molar-refractivity contribution in [2.75, 3.05) is 6.26 Å². The first kappa shape index (κ1) is 15.1. The van der Waals surface area contributed by atoms with Gasteiger partial charge in [0, 0.05) is 10.5 Å². The second-order valence-corrected chi connectivity index (χ2v) is 5.47. The quantitative estimate of drug-likeness (QED) is 0.360. The summed E-state index contributed by atoms with van der Waals surface area (Å²) in [6.07, 6.45) is 3.64. The average molecular weight is 293 g/mol. The fourth-order valence-corrected chi connectivity index (χ4v) is 2.40. The van der Waals surface area contributed by atoms with Crippen LogP contribution in [0.4, 0.5) is 0 Å². The third-order valence-electron chi connectivity index (χ3n) is 3.18. The molecular weight excluding hydrogens is 278 g/mol. The molecule has 0 fully saturated rings. The van der Waals surface area contributed by atoms with Crippen molar-refractivity contribution in [1.29, 1.82) is 5.26 Å². The summed E-state index contributed by atoms with van der Waals surface area (Å²) in [5.74, 6) is -0.232. The van der Waals surface area contributed by atoms with Crippen molar-refractivity contribution >= 4 is 23.6 Å². The molecule has 3 heteroatoms. The summed E-state index contributed by atoms with van der Waals surface area (Å²) in [5.41, 5.74) is 2.46. The van der Waals surface area contributed by atoms with E-state index in [1.54, 1.807) is 23.9 Å². The molecule has 2 aromatic carbocycles. The van der Waals surface area contributed by atoms with Gasteiger partial charge in [-0.1, -0.05) is 36.4 Å². The van der Waals surface area contributed by atoms with Crippen molar-refractivity contribution in [3.63, 3.8) is 0 Å². The van der Waals surface area contributed by atoms with Crippen LogP contribution < -0.4 is 0 Å². The SMILES string of the molecule is CSc1ccc(/C=C(\C#N)C(=O)c2ccccc2C)cc1. The van der Waals surface area contributed by atoms with Gasteiger partial charge in [-0.15, -0.1) is 11.8 Å². The number of nitriles is 1. The molecule has 0 spiro atoms. The fraction of sp³-hybridized carbons (Fsp3) is 0.111. The van der Waals surface area contributed by atoms with Crippen molar-refractivity contribution in [1.82, 2.24) is 0 Å². The van der Waals surface area contributed by atoms with Crippen molar-refractivity contribution < 1.29 is 4.79 Å². The third-order valence-corrected chi connectivity index (χ3v) is 3.93. The molecule has 0 bridgehead atoms. The smallest absolute Gasteiger partial charge is 0.203 e. The molecule has 0 atom stereocenters. The topological polar surface area (TPSA) is 40.9 Å². The molecule has 0 aliphatic rings. The number of benzene rings is 2. The Balaban J connectivity index is 2.35. The molecule has 0 unspecified atom stereocenters. The maximum absolute atomic E-state index is 12.4. The lowest BCUT2D eigenvalue weighted by molar-refractivity contribution is 0.103. The van der Waals surface area contributed by atoms with Crippen LogP contribution in [0, 0.1) is 18.3 Å². The molecule has 104 valence electrons. The number of rotatable bonds is 4. The van der Waals surface area contributed by atoms with Gasteiger partial charge < -0.3 is 0 Å². The average Bonchev–Trinajstić information content (AvgIpc) is 2.53. The molecule has 0 radical (unpaired) electrons. The molecule has 0 amide bonds. The number of hydrogen-bond donors (Lipinski definition) is 0. The minimum absolute atomic E-state index is 0.154. The lowest BCUT2D eigenvalue weighted by Crippen LogP contribution is -2.04. The van der Waals surface area contributed by atoms with Crippen LogP contribution in [0.2, 0.25) is 0 Å². The minimum atomic E-state index is -0.232. The highest BCUT2D eigenvalue weighted by atomic mass is 32.2. The van der Waals surface area contributed by atoms with Crippen molar-refractivity contribution in [3.05, 3.63) is 70.8 Å². The molecule has 0 aromatic heterocycles. The molecule has 2 nitrogen and oxygen atoms in total. The highest BCUT2D eigenvalue weighted by Crippen LogP contribution is 2.18. The predicted octanol–water partition coefficient (Wildman–Crippen LogP) is 4.51. The predicted molar refractivity (Wildman–Crippen MR) is 87.3 cm³/mol. The van der Waals surface area contributed by atoms with Crippen LogP contribution in [-0.2, 0) is 0 Å². The Labute approximate surface area is 129 Å². The Morgan fingerprint density at radius 2 is 1.81 bits per heavy atom. The van der Waals surface area contributed by atoms with E-state index in [9.17, 15) is 10.1 Å². The minimum Gasteiger partial charge on any atom is -0.288 e. The lowest BCUT2D eigenvalue weighted by Gasteiger charge is -2.04. The van der Waals surface area contributed by atoms with Gasteiger partial charge in [-0.3, -0.25) is 4.79 Å². The van der Waals surface area contributed by atoms with Gasteiger partial charge in [-0.2, -0.15) is 5.26 Å². The Kier molecular flexibility index (Phi) is 4.97.